The highest BCUT2D eigenvalue weighted by Gasteiger charge is 2.19. The normalized spacial score (nSPS) is 11.6. The Labute approximate surface area is 121 Å². The van der Waals surface area contributed by atoms with E-state index in [4.69, 9.17) is 0 Å². The van der Waals surface area contributed by atoms with Gasteiger partial charge in [0.1, 0.15) is 0 Å². The number of benzene rings is 1. The lowest BCUT2D eigenvalue weighted by molar-refractivity contribution is 0.0550. The van der Waals surface area contributed by atoms with Crippen LogP contribution < -0.4 is 5.32 Å². The summed E-state index contributed by atoms with van der Waals surface area (Å²) < 4.78 is 24.5. The zero-order valence-electron chi connectivity index (χ0n) is 11.6. The first-order valence-corrected chi connectivity index (χ1v) is 6.85. The monoisotopic (exact) mass is 304 g/mol. The molecule has 112 valence electrons. The van der Waals surface area contributed by atoms with Crippen molar-refractivity contribution in [3.05, 3.63) is 24.3 Å². The van der Waals surface area contributed by atoms with Crippen LogP contribution in [0, 0.1) is 0 Å². The van der Waals surface area contributed by atoms with Crippen LogP contribution in [-0.2, 0) is 0 Å². The first-order chi connectivity index (χ1) is 9.17. The van der Waals surface area contributed by atoms with Crippen molar-refractivity contribution in [2.45, 2.75) is 30.1 Å². The van der Waals surface area contributed by atoms with Crippen LogP contribution >= 0.6 is 11.8 Å². The Morgan fingerprint density at radius 2 is 2.15 bits per heavy atom. The van der Waals surface area contributed by atoms with Crippen molar-refractivity contribution in [2.24, 2.45) is 0 Å². The zero-order chi connectivity index (χ0) is 15.3. The van der Waals surface area contributed by atoms with Crippen LogP contribution in [0.25, 0.3) is 0 Å². The molecule has 0 aliphatic rings. The molecule has 1 rings (SSSR count). The first kappa shape index (κ1) is 16.7. The number of nitrogens with one attached hydrogen (secondary N) is 1. The van der Waals surface area contributed by atoms with E-state index in [2.05, 4.69) is 5.32 Å². The quantitative estimate of drug-likeness (QED) is 0.821. The number of hydrogen-bond donors (Lipinski definition) is 2. The fraction of sp³-hybridized carbons (Fsp3) is 0.462. The van der Waals surface area contributed by atoms with Gasteiger partial charge in [-0.05, 0) is 32.0 Å². The van der Waals surface area contributed by atoms with Crippen LogP contribution in [0.2, 0.25) is 0 Å². The van der Waals surface area contributed by atoms with E-state index in [1.165, 1.54) is 11.0 Å². The highest BCUT2D eigenvalue weighted by Crippen LogP contribution is 2.27. The molecule has 0 heterocycles. The van der Waals surface area contributed by atoms with Gasteiger partial charge in [0.25, 0.3) is 5.76 Å². The second-order valence-electron chi connectivity index (χ2n) is 5.00. The van der Waals surface area contributed by atoms with Crippen molar-refractivity contribution in [1.29, 1.82) is 0 Å². The Morgan fingerprint density at radius 3 is 2.70 bits per heavy atom. The molecular weight excluding hydrogens is 286 g/mol. The number of urea groups is 1. The summed E-state index contributed by atoms with van der Waals surface area (Å²) in [5.41, 5.74) is -0.567. The zero-order valence-corrected chi connectivity index (χ0v) is 12.4. The Balaban J connectivity index is 2.66. The van der Waals surface area contributed by atoms with Gasteiger partial charge in [-0.25, -0.2) is 4.79 Å². The lowest BCUT2D eigenvalue weighted by Gasteiger charge is -2.25. The van der Waals surface area contributed by atoms with E-state index < -0.39 is 17.4 Å². The SMILES string of the molecule is CN(CC(C)(C)O)C(=O)Nc1cccc(SC(F)F)c1. The highest BCUT2D eigenvalue weighted by atomic mass is 32.2. The van der Waals surface area contributed by atoms with Gasteiger partial charge in [-0.2, -0.15) is 8.78 Å². The number of thioether (sulfide) groups is 1. The molecule has 20 heavy (non-hydrogen) atoms. The van der Waals surface area contributed by atoms with E-state index in [0.29, 0.717) is 22.3 Å². The summed E-state index contributed by atoms with van der Waals surface area (Å²) in [6, 6.07) is 5.83. The molecule has 2 N–H and O–H groups in total. The summed E-state index contributed by atoms with van der Waals surface area (Å²) >= 11 is 0.420. The lowest BCUT2D eigenvalue weighted by atomic mass is 10.1. The van der Waals surface area contributed by atoms with Gasteiger partial charge in [-0.1, -0.05) is 17.8 Å². The maximum atomic E-state index is 12.3. The van der Waals surface area contributed by atoms with Crippen LogP contribution in [0.1, 0.15) is 13.8 Å². The molecule has 0 radical (unpaired) electrons. The van der Waals surface area contributed by atoms with Crippen LogP contribution in [0.15, 0.2) is 29.2 Å². The van der Waals surface area contributed by atoms with Gasteiger partial charge in [0.2, 0.25) is 0 Å². The smallest absolute Gasteiger partial charge is 0.321 e. The number of amides is 2. The van der Waals surface area contributed by atoms with Crippen molar-refractivity contribution in [1.82, 2.24) is 4.90 Å². The van der Waals surface area contributed by atoms with Gasteiger partial charge in [0.15, 0.2) is 0 Å². The van der Waals surface area contributed by atoms with Crippen LogP contribution in [0.4, 0.5) is 19.3 Å². The molecule has 0 saturated heterocycles. The van der Waals surface area contributed by atoms with Crippen molar-refractivity contribution < 1.29 is 18.7 Å². The Kier molecular flexibility index (Phi) is 5.76. The van der Waals surface area contributed by atoms with Gasteiger partial charge >= 0.3 is 6.03 Å². The topological polar surface area (TPSA) is 52.6 Å². The molecular formula is C13H18F2N2O2S. The minimum atomic E-state index is -2.50. The van der Waals surface area contributed by atoms with Crippen molar-refractivity contribution in [3.8, 4) is 0 Å². The number of carbonyl (C=O) groups excluding carboxylic acids is 1. The number of hydrogen-bond acceptors (Lipinski definition) is 3. The first-order valence-electron chi connectivity index (χ1n) is 5.97. The van der Waals surface area contributed by atoms with E-state index in [0.717, 1.165) is 0 Å². The number of rotatable bonds is 5. The Hall–Kier alpha value is -1.34. The maximum absolute atomic E-state index is 12.3. The number of likely N-dealkylation sites (N-methyl/N-ethyl adjacent to an activating group) is 1. The summed E-state index contributed by atoms with van der Waals surface area (Å²) in [6.07, 6.45) is 0. The summed E-state index contributed by atoms with van der Waals surface area (Å²) in [5, 5.41) is 12.2. The molecule has 4 nitrogen and oxygen atoms in total. The van der Waals surface area contributed by atoms with E-state index in [-0.39, 0.29) is 6.54 Å². The fourth-order valence-electron chi connectivity index (χ4n) is 1.62. The third-order valence-corrected chi connectivity index (χ3v) is 2.99. The number of carbonyl (C=O) groups is 1. The average Bonchev–Trinajstić information content (AvgIpc) is 2.26. The summed E-state index contributed by atoms with van der Waals surface area (Å²) in [6.45, 7) is 3.34. The largest absolute Gasteiger partial charge is 0.389 e. The van der Waals surface area contributed by atoms with Gasteiger partial charge in [0, 0.05) is 17.6 Å². The van der Waals surface area contributed by atoms with E-state index in [9.17, 15) is 18.7 Å². The fourth-order valence-corrected chi connectivity index (χ4v) is 2.18. The van der Waals surface area contributed by atoms with Crippen molar-refractivity contribution in [2.75, 3.05) is 18.9 Å². The van der Waals surface area contributed by atoms with Crippen molar-refractivity contribution in [3.63, 3.8) is 0 Å². The number of aliphatic hydroxyl groups is 1. The molecule has 0 aliphatic heterocycles. The Morgan fingerprint density at radius 1 is 1.50 bits per heavy atom. The molecule has 0 spiro atoms. The Bertz CT molecular complexity index is 464. The van der Waals surface area contributed by atoms with E-state index >= 15 is 0 Å². The minimum absolute atomic E-state index is 0.157. The minimum Gasteiger partial charge on any atom is -0.389 e. The highest BCUT2D eigenvalue weighted by molar-refractivity contribution is 7.99. The van der Waals surface area contributed by atoms with Crippen LogP contribution in [0.3, 0.4) is 0 Å². The van der Waals surface area contributed by atoms with Gasteiger partial charge in [-0.3, -0.25) is 0 Å². The molecule has 0 fully saturated rings. The molecule has 1 aromatic rings. The number of anilines is 1. The van der Waals surface area contributed by atoms with Gasteiger partial charge in [0.05, 0.1) is 12.1 Å². The predicted octanol–water partition coefficient (Wildman–Crippen LogP) is 3.24. The van der Waals surface area contributed by atoms with Gasteiger partial charge in [-0.15, -0.1) is 0 Å². The number of nitrogens with zero attached hydrogens (tertiary/aromatic N) is 1. The lowest BCUT2D eigenvalue weighted by Crippen LogP contribution is -2.41. The second kappa shape index (κ2) is 6.90. The molecule has 2 amide bonds. The standard InChI is InChI=1S/C13H18F2N2O2S/c1-13(2,19)8-17(3)12(18)16-9-5-4-6-10(7-9)20-11(14)15/h4-7,11,19H,8H2,1-3H3,(H,16,18). The van der Waals surface area contributed by atoms with E-state index in [1.54, 1.807) is 39.1 Å². The molecule has 0 bridgehead atoms. The summed E-state index contributed by atoms with van der Waals surface area (Å²) in [4.78, 5) is 13.6. The van der Waals surface area contributed by atoms with Crippen LogP contribution in [-0.4, -0.2) is 41.0 Å². The molecule has 0 saturated carbocycles. The molecule has 0 atom stereocenters. The molecule has 0 aliphatic carbocycles. The number of alkyl halides is 2. The predicted molar refractivity (Wildman–Crippen MR) is 76.2 cm³/mol. The number of halogens is 2. The third-order valence-electron chi connectivity index (χ3n) is 2.28. The maximum Gasteiger partial charge on any atom is 0.321 e. The second-order valence-corrected chi connectivity index (χ2v) is 6.07. The van der Waals surface area contributed by atoms with Crippen LogP contribution in [0.5, 0.6) is 0 Å². The van der Waals surface area contributed by atoms with Crippen molar-refractivity contribution >= 4 is 23.5 Å². The molecule has 7 heteroatoms. The molecule has 1 aromatic carbocycles. The molecule has 0 aromatic heterocycles. The summed E-state index contributed by atoms with van der Waals surface area (Å²) in [5.74, 6) is -2.50. The molecule has 0 unspecified atom stereocenters. The third kappa shape index (κ3) is 6.21. The summed E-state index contributed by atoms with van der Waals surface area (Å²) in [7, 11) is 1.55. The van der Waals surface area contributed by atoms with Gasteiger partial charge < -0.3 is 15.3 Å². The van der Waals surface area contributed by atoms with E-state index in [1.807, 2.05) is 0 Å². The average molecular weight is 304 g/mol.